The number of nitrogens with zero attached hydrogens (tertiary/aromatic N) is 1. The average molecular weight is 444 g/mol. The maximum atomic E-state index is 13.0. The van der Waals surface area contributed by atoms with Gasteiger partial charge in [-0.1, -0.05) is 24.3 Å². The Morgan fingerprint density at radius 1 is 1.00 bits per heavy atom. The Morgan fingerprint density at radius 3 is 2.34 bits per heavy atom. The number of carbonyl (C=O) groups is 2. The number of benzene rings is 2. The van der Waals surface area contributed by atoms with Gasteiger partial charge in [-0.05, 0) is 61.7 Å². The lowest BCUT2D eigenvalue weighted by atomic mass is 10.0. The molecule has 2 aromatic carbocycles. The van der Waals surface area contributed by atoms with Crippen LogP contribution in [0.2, 0.25) is 0 Å². The van der Waals surface area contributed by atoms with Crippen molar-refractivity contribution in [2.75, 3.05) is 5.32 Å². The zero-order valence-electron chi connectivity index (χ0n) is 17.4. The molecule has 32 heavy (non-hydrogen) atoms. The maximum absolute atomic E-state index is 13.0. The number of amides is 1. The van der Waals surface area contributed by atoms with Crippen molar-refractivity contribution in [2.45, 2.75) is 27.1 Å². The Bertz CT molecular complexity index is 1210. The van der Waals surface area contributed by atoms with E-state index in [-0.39, 0.29) is 17.0 Å². The summed E-state index contributed by atoms with van der Waals surface area (Å²) in [5.41, 5.74) is 2.71. The highest BCUT2D eigenvalue weighted by molar-refractivity contribution is 6.06. The zero-order valence-corrected chi connectivity index (χ0v) is 17.4. The number of carboxylic acids is 1. The van der Waals surface area contributed by atoms with Crippen molar-refractivity contribution in [1.29, 1.82) is 0 Å². The summed E-state index contributed by atoms with van der Waals surface area (Å²) in [6.07, 6.45) is -4.83. The number of aromatic carboxylic acids is 1. The monoisotopic (exact) mass is 444 g/mol. The van der Waals surface area contributed by atoms with Gasteiger partial charge in [0.1, 0.15) is 11.4 Å². The number of nitrogens with one attached hydrogen (secondary N) is 1. The third-order valence-electron chi connectivity index (χ3n) is 4.82. The lowest BCUT2D eigenvalue weighted by Gasteiger charge is -2.15. The number of carbonyl (C=O) groups excluding carboxylic acids is 1. The Morgan fingerprint density at radius 2 is 1.69 bits per heavy atom. The van der Waals surface area contributed by atoms with Crippen LogP contribution in [-0.2, 0) is 0 Å². The van der Waals surface area contributed by atoms with Crippen LogP contribution >= 0.6 is 0 Å². The number of pyridine rings is 1. The minimum atomic E-state index is -4.83. The van der Waals surface area contributed by atoms with Crippen LogP contribution in [-0.4, -0.2) is 28.3 Å². The second kappa shape index (κ2) is 8.70. The van der Waals surface area contributed by atoms with Gasteiger partial charge in [-0.15, -0.1) is 13.2 Å². The van der Waals surface area contributed by atoms with Crippen LogP contribution in [0.1, 0.15) is 37.5 Å². The predicted molar refractivity (Wildman–Crippen MR) is 112 cm³/mol. The quantitative estimate of drug-likeness (QED) is 0.541. The van der Waals surface area contributed by atoms with Crippen LogP contribution in [0.15, 0.2) is 48.5 Å². The molecule has 6 nitrogen and oxygen atoms in total. The van der Waals surface area contributed by atoms with E-state index in [0.29, 0.717) is 27.9 Å². The van der Waals surface area contributed by atoms with Crippen molar-refractivity contribution in [2.24, 2.45) is 0 Å². The lowest BCUT2D eigenvalue weighted by Crippen LogP contribution is -2.18. The fourth-order valence-corrected chi connectivity index (χ4v) is 3.22. The largest absolute Gasteiger partial charge is 0.573 e. The first-order valence-electron chi connectivity index (χ1n) is 9.45. The molecule has 0 atom stereocenters. The summed E-state index contributed by atoms with van der Waals surface area (Å²) >= 11 is 0. The van der Waals surface area contributed by atoms with E-state index in [1.807, 2.05) is 0 Å². The molecule has 0 spiro atoms. The number of ether oxygens (including phenoxy) is 1. The molecule has 0 aliphatic carbocycles. The van der Waals surface area contributed by atoms with E-state index in [4.69, 9.17) is 0 Å². The molecular formula is C23H19F3N2O4. The van der Waals surface area contributed by atoms with Crippen molar-refractivity contribution in [1.82, 2.24) is 4.98 Å². The van der Waals surface area contributed by atoms with Crippen LogP contribution in [0, 0.1) is 20.8 Å². The predicted octanol–water partition coefficient (Wildman–Crippen LogP) is 5.52. The number of halogens is 3. The summed E-state index contributed by atoms with van der Waals surface area (Å²) in [6.45, 7) is 4.99. The van der Waals surface area contributed by atoms with E-state index in [1.54, 1.807) is 45.0 Å². The van der Waals surface area contributed by atoms with E-state index in [9.17, 15) is 27.9 Å². The number of hydrogen-bond acceptors (Lipinski definition) is 4. The number of hydrogen-bond donors (Lipinski definition) is 2. The molecule has 0 aliphatic rings. The Kier molecular flexibility index (Phi) is 6.20. The number of alkyl halides is 3. The molecule has 0 bridgehead atoms. The van der Waals surface area contributed by atoms with Crippen molar-refractivity contribution in [3.8, 4) is 17.0 Å². The minimum absolute atomic E-state index is 0.0594. The first-order chi connectivity index (χ1) is 15.0. The molecule has 0 unspecified atom stereocenters. The summed E-state index contributed by atoms with van der Waals surface area (Å²) in [4.78, 5) is 28.7. The first-order valence-corrected chi connectivity index (χ1v) is 9.45. The normalized spacial score (nSPS) is 11.2. The Labute approximate surface area is 181 Å². The SMILES string of the molecule is Cc1ccc(-c2cccc(OC(F)(F)F)c2)nc1C(=O)Nc1c(C)ccc(C(=O)O)c1C. The van der Waals surface area contributed by atoms with Crippen molar-refractivity contribution in [3.63, 3.8) is 0 Å². The first kappa shape index (κ1) is 22.8. The lowest BCUT2D eigenvalue weighted by molar-refractivity contribution is -0.274. The molecule has 3 aromatic rings. The van der Waals surface area contributed by atoms with Crippen LogP contribution in [0.25, 0.3) is 11.3 Å². The van der Waals surface area contributed by atoms with Gasteiger partial charge in [0.15, 0.2) is 0 Å². The second-order valence-corrected chi connectivity index (χ2v) is 7.13. The highest BCUT2D eigenvalue weighted by atomic mass is 19.4. The molecule has 0 radical (unpaired) electrons. The minimum Gasteiger partial charge on any atom is -0.478 e. The molecule has 0 saturated carbocycles. The van der Waals surface area contributed by atoms with Crippen LogP contribution in [0.5, 0.6) is 5.75 Å². The van der Waals surface area contributed by atoms with Gasteiger partial charge in [-0.25, -0.2) is 9.78 Å². The average Bonchev–Trinajstić information content (AvgIpc) is 2.70. The number of anilines is 1. The van der Waals surface area contributed by atoms with Gasteiger partial charge in [-0.2, -0.15) is 0 Å². The Hall–Kier alpha value is -3.88. The number of rotatable bonds is 5. The molecule has 3 rings (SSSR count). The third kappa shape index (κ3) is 5.05. The maximum Gasteiger partial charge on any atom is 0.573 e. The topological polar surface area (TPSA) is 88.5 Å². The fourth-order valence-electron chi connectivity index (χ4n) is 3.22. The molecule has 9 heteroatoms. The molecular weight excluding hydrogens is 425 g/mol. The molecule has 166 valence electrons. The summed E-state index contributed by atoms with van der Waals surface area (Å²) in [5.74, 6) is -2.09. The van der Waals surface area contributed by atoms with Gasteiger partial charge in [0.25, 0.3) is 5.91 Å². The molecule has 0 saturated heterocycles. The van der Waals surface area contributed by atoms with Gasteiger partial charge in [0, 0.05) is 11.3 Å². The number of carboxylic acid groups (broad SMARTS) is 1. The Balaban J connectivity index is 1.95. The smallest absolute Gasteiger partial charge is 0.478 e. The van der Waals surface area contributed by atoms with E-state index < -0.39 is 24.0 Å². The highest BCUT2D eigenvalue weighted by Gasteiger charge is 2.31. The highest BCUT2D eigenvalue weighted by Crippen LogP contribution is 2.28. The van der Waals surface area contributed by atoms with Crippen LogP contribution < -0.4 is 10.1 Å². The van der Waals surface area contributed by atoms with Gasteiger partial charge < -0.3 is 15.2 Å². The standard InChI is InChI=1S/C23H19F3N2O4/c1-12-7-9-17(22(30)31)14(3)19(12)28-21(29)20-13(2)8-10-18(27-20)15-5-4-6-16(11-15)32-23(24,25)26/h4-11H,1-3H3,(H,28,29)(H,30,31). The van der Waals surface area contributed by atoms with E-state index in [2.05, 4.69) is 15.0 Å². The van der Waals surface area contributed by atoms with Crippen molar-refractivity contribution in [3.05, 3.63) is 76.5 Å². The van der Waals surface area contributed by atoms with E-state index in [1.165, 1.54) is 24.3 Å². The van der Waals surface area contributed by atoms with Crippen LogP contribution in [0.3, 0.4) is 0 Å². The van der Waals surface area contributed by atoms with Crippen molar-refractivity contribution >= 4 is 17.6 Å². The van der Waals surface area contributed by atoms with E-state index in [0.717, 1.165) is 0 Å². The molecule has 1 aromatic heterocycles. The summed E-state index contributed by atoms with van der Waals surface area (Å²) < 4.78 is 41.5. The molecule has 1 heterocycles. The van der Waals surface area contributed by atoms with Gasteiger partial charge in [0.05, 0.1) is 11.3 Å². The molecule has 0 fully saturated rings. The third-order valence-corrected chi connectivity index (χ3v) is 4.82. The number of aromatic nitrogens is 1. The zero-order chi connectivity index (χ0) is 23.6. The molecule has 1 amide bonds. The summed E-state index contributed by atoms with van der Waals surface area (Å²) in [7, 11) is 0. The van der Waals surface area contributed by atoms with Gasteiger partial charge in [0.2, 0.25) is 0 Å². The molecule has 2 N–H and O–H groups in total. The molecule has 0 aliphatic heterocycles. The second-order valence-electron chi connectivity index (χ2n) is 7.13. The summed E-state index contributed by atoms with van der Waals surface area (Å²) in [6, 6.07) is 11.5. The van der Waals surface area contributed by atoms with Crippen LogP contribution in [0.4, 0.5) is 18.9 Å². The van der Waals surface area contributed by atoms with Gasteiger partial charge >= 0.3 is 12.3 Å². The van der Waals surface area contributed by atoms with E-state index >= 15 is 0 Å². The van der Waals surface area contributed by atoms with Gasteiger partial charge in [-0.3, -0.25) is 4.79 Å². The summed E-state index contributed by atoms with van der Waals surface area (Å²) in [5, 5.41) is 12.0. The number of aryl methyl sites for hydroxylation is 2. The van der Waals surface area contributed by atoms with Crippen molar-refractivity contribution < 1.29 is 32.6 Å². The fraction of sp³-hybridized carbons (Fsp3) is 0.174.